The molecule has 2 nitrogen and oxygen atoms in total. The van der Waals surface area contributed by atoms with Crippen LogP contribution in [-0.2, 0) is 8.85 Å². The Morgan fingerprint density at radius 2 is 1.40 bits per heavy atom. The fourth-order valence-corrected chi connectivity index (χ4v) is 5.58. The van der Waals surface area contributed by atoms with Crippen molar-refractivity contribution in [1.29, 1.82) is 0 Å². The average Bonchev–Trinajstić information content (AvgIpc) is 2.46. The Morgan fingerprint density at radius 1 is 0.900 bits per heavy atom. The Hall–Kier alpha value is -0.643. The molecule has 0 aliphatic heterocycles. The van der Waals surface area contributed by atoms with E-state index in [9.17, 15) is 0 Å². The Bertz CT molecular complexity index is 341. The molecule has 0 bridgehead atoms. The van der Waals surface area contributed by atoms with Crippen LogP contribution in [0.2, 0.25) is 5.54 Å². The van der Waals surface area contributed by atoms with Crippen molar-refractivity contribution in [3.63, 3.8) is 0 Å². The summed E-state index contributed by atoms with van der Waals surface area (Å²) < 4.78 is 12.8. The monoisotopic (exact) mass is 294 g/mol. The molecule has 0 saturated heterocycles. The van der Waals surface area contributed by atoms with E-state index in [2.05, 4.69) is 58.0 Å². The summed E-state index contributed by atoms with van der Waals surface area (Å²) in [6.07, 6.45) is 4.52. The van der Waals surface area contributed by atoms with E-state index >= 15 is 0 Å². The molecular formula is C17H30O2Si. The first kappa shape index (κ1) is 17.4. The Morgan fingerprint density at radius 3 is 1.80 bits per heavy atom. The van der Waals surface area contributed by atoms with Gasteiger partial charge in [0.25, 0.3) is 0 Å². The molecule has 1 aromatic carbocycles. The highest BCUT2D eigenvalue weighted by Gasteiger charge is 2.43. The van der Waals surface area contributed by atoms with Crippen LogP contribution in [0.3, 0.4) is 0 Å². The lowest BCUT2D eigenvalue weighted by atomic mass is 10.4. The molecule has 0 heterocycles. The van der Waals surface area contributed by atoms with Crippen LogP contribution in [0.25, 0.3) is 0 Å². The van der Waals surface area contributed by atoms with Crippen molar-refractivity contribution in [3.8, 4) is 0 Å². The first-order valence-corrected chi connectivity index (χ1v) is 9.90. The van der Waals surface area contributed by atoms with Gasteiger partial charge in [0.2, 0.25) is 0 Å². The smallest absolute Gasteiger partial charge is 0.375 e. The molecule has 0 atom stereocenters. The van der Waals surface area contributed by atoms with Crippen LogP contribution in [0.15, 0.2) is 30.3 Å². The molecule has 0 radical (unpaired) electrons. The van der Waals surface area contributed by atoms with Crippen molar-refractivity contribution in [3.05, 3.63) is 30.3 Å². The summed E-state index contributed by atoms with van der Waals surface area (Å²) in [7, 11) is -2.32. The van der Waals surface area contributed by atoms with Crippen molar-refractivity contribution in [2.75, 3.05) is 13.2 Å². The first-order valence-electron chi connectivity index (χ1n) is 8.00. The molecule has 0 aromatic heterocycles. The van der Waals surface area contributed by atoms with Gasteiger partial charge in [0, 0.05) is 18.8 Å². The minimum absolute atomic E-state index is 0.415. The summed E-state index contributed by atoms with van der Waals surface area (Å²) >= 11 is 0. The summed E-state index contributed by atoms with van der Waals surface area (Å²) in [5.41, 5.74) is 0.415. The van der Waals surface area contributed by atoms with Gasteiger partial charge in [-0.05, 0) is 18.0 Å². The van der Waals surface area contributed by atoms with Crippen LogP contribution in [-0.4, -0.2) is 21.8 Å². The van der Waals surface area contributed by atoms with Crippen LogP contribution < -0.4 is 5.19 Å². The molecule has 114 valence electrons. The van der Waals surface area contributed by atoms with E-state index in [0.29, 0.717) is 5.54 Å². The number of benzene rings is 1. The molecule has 3 heteroatoms. The lowest BCUT2D eigenvalue weighted by molar-refractivity contribution is 0.168. The largest absolute Gasteiger partial charge is 0.391 e. The molecule has 0 spiro atoms. The maximum atomic E-state index is 6.38. The molecule has 0 amide bonds. The molecule has 0 N–H and O–H groups in total. The van der Waals surface area contributed by atoms with E-state index in [-0.39, 0.29) is 0 Å². The lowest BCUT2D eigenvalue weighted by Gasteiger charge is -2.34. The molecule has 1 rings (SSSR count). The highest BCUT2D eigenvalue weighted by atomic mass is 28.4. The van der Waals surface area contributed by atoms with E-state index in [0.717, 1.165) is 38.9 Å². The van der Waals surface area contributed by atoms with Crippen molar-refractivity contribution in [2.24, 2.45) is 0 Å². The number of unbranched alkanes of at least 4 members (excludes halogenated alkanes) is 2. The fourth-order valence-electron chi connectivity index (χ4n) is 2.28. The molecule has 0 unspecified atom stereocenters. The zero-order valence-electron chi connectivity index (χ0n) is 13.5. The second-order valence-electron chi connectivity index (χ2n) is 5.59. The average molecular weight is 295 g/mol. The van der Waals surface area contributed by atoms with E-state index in [4.69, 9.17) is 8.85 Å². The number of hydrogen-bond acceptors (Lipinski definition) is 2. The molecule has 0 fully saturated rings. The maximum Gasteiger partial charge on any atom is 0.375 e. The van der Waals surface area contributed by atoms with Gasteiger partial charge in [-0.1, -0.05) is 70.9 Å². The topological polar surface area (TPSA) is 18.5 Å². The summed E-state index contributed by atoms with van der Waals surface area (Å²) in [6.45, 7) is 10.5. The van der Waals surface area contributed by atoms with Crippen molar-refractivity contribution in [2.45, 2.75) is 58.9 Å². The second-order valence-corrected chi connectivity index (χ2v) is 9.24. The fraction of sp³-hybridized carbons (Fsp3) is 0.647. The summed E-state index contributed by atoms with van der Waals surface area (Å²) in [6, 6.07) is 10.6. The Kier molecular flexibility index (Phi) is 8.11. The maximum absolute atomic E-state index is 6.38. The van der Waals surface area contributed by atoms with Gasteiger partial charge in [-0.25, -0.2) is 0 Å². The predicted octanol–water partition coefficient (Wildman–Crippen LogP) is 4.38. The lowest BCUT2D eigenvalue weighted by Crippen LogP contribution is -2.56. The van der Waals surface area contributed by atoms with Gasteiger partial charge in [-0.15, -0.1) is 0 Å². The van der Waals surface area contributed by atoms with Crippen molar-refractivity contribution >= 4 is 13.7 Å². The van der Waals surface area contributed by atoms with Crippen molar-refractivity contribution < 1.29 is 8.85 Å². The highest BCUT2D eigenvalue weighted by Crippen LogP contribution is 2.24. The van der Waals surface area contributed by atoms with Crippen LogP contribution >= 0.6 is 0 Å². The minimum Gasteiger partial charge on any atom is -0.391 e. The van der Waals surface area contributed by atoms with Gasteiger partial charge in [0.15, 0.2) is 0 Å². The summed E-state index contributed by atoms with van der Waals surface area (Å²) in [5, 5.41) is 1.27. The quantitative estimate of drug-likeness (QED) is 0.471. The standard InChI is InChI=1S/C17H30O2Si/c1-5-7-14-18-20(16(3)4,19-15-8-6-2)17-12-10-9-11-13-17/h9-13,16H,5-8,14-15H2,1-4H3. The third-order valence-corrected chi connectivity index (χ3v) is 7.49. The molecule has 1 aromatic rings. The molecular weight excluding hydrogens is 264 g/mol. The first-order chi connectivity index (χ1) is 9.67. The SMILES string of the molecule is CCCCO[Si](OCCCC)(c1ccccc1)C(C)C. The van der Waals surface area contributed by atoms with Crippen molar-refractivity contribution in [1.82, 2.24) is 0 Å². The van der Waals surface area contributed by atoms with Crippen LogP contribution in [0.1, 0.15) is 53.4 Å². The van der Waals surface area contributed by atoms with Gasteiger partial charge in [0.05, 0.1) is 0 Å². The zero-order chi connectivity index (χ0) is 14.8. The molecule has 20 heavy (non-hydrogen) atoms. The highest BCUT2D eigenvalue weighted by molar-refractivity contribution is 6.82. The van der Waals surface area contributed by atoms with Gasteiger partial charge in [-0.2, -0.15) is 0 Å². The zero-order valence-corrected chi connectivity index (χ0v) is 14.5. The van der Waals surface area contributed by atoms with E-state index in [1.54, 1.807) is 0 Å². The van der Waals surface area contributed by atoms with E-state index in [1.807, 2.05) is 0 Å². The third-order valence-electron chi connectivity index (χ3n) is 3.56. The van der Waals surface area contributed by atoms with Crippen LogP contribution in [0.4, 0.5) is 0 Å². The van der Waals surface area contributed by atoms with Gasteiger partial charge in [0.1, 0.15) is 0 Å². The van der Waals surface area contributed by atoms with Crippen LogP contribution in [0, 0.1) is 0 Å². The minimum atomic E-state index is -2.32. The van der Waals surface area contributed by atoms with Gasteiger partial charge in [-0.3, -0.25) is 0 Å². The normalized spacial score (nSPS) is 12.1. The molecule has 0 saturated carbocycles. The summed E-state index contributed by atoms with van der Waals surface area (Å²) in [5.74, 6) is 0. The molecule has 0 aliphatic rings. The Labute approximate surface area is 125 Å². The number of hydrogen-bond donors (Lipinski definition) is 0. The van der Waals surface area contributed by atoms with E-state index < -0.39 is 8.56 Å². The molecule has 0 aliphatic carbocycles. The third kappa shape index (κ3) is 4.72. The Balaban J connectivity index is 2.93. The second kappa shape index (κ2) is 9.32. The van der Waals surface area contributed by atoms with Gasteiger partial charge < -0.3 is 8.85 Å². The van der Waals surface area contributed by atoms with Gasteiger partial charge >= 0.3 is 8.56 Å². The summed E-state index contributed by atoms with van der Waals surface area (Å²) in [4.78, 5) is 0. The van der Waals surface area contributed by atoms with Crippen LogP contribution in [0.5, 0.6) is 0 Å². The predicted molar refractivity (Wildman–Crippen MR) is 88.6 cm³/mol. The number of rotatable bonds is 10. The van der Waals surface area contributed by atoms with E-state index in [1.165, 1.54) is 5.19 Å².